The SMILES string of the molecule is COC(=O)OC(C(=O)O[Si](C)(C)C)C(OC(=O)OC)C(=O)O[Si](C)(C)C. The van der Waals surface area contributed by atoms with Crippen molar-refractivity contribution in [2.75, 3.05) is 14.2 Å². The maximum Gasteiger partial charge on any atom is 0.509 e. The molecule has 0 aliphatic rings. The lowest BCUT2D eigenvalue weighted by atomic mass is 10.2. The average Bonchev–Trinajstić information content (AvgIpc) is 2.46. The summed E-state index contributed by atoms with van der Waals surface area (Å²) in [6.45, 7) is 10.2. The minimum atomic E-state index is -2.42. The smallest absolute Gasteiger partial charge is 0.509 e. The third-order valence-corrected chi connectivity index (χ3v) is 3.96. The maximum absolute atomic E-state index is 12.4. The van der Waals surface area contributed by atoms with E-state index in [2.05, 4.69) is 9.47 Å². The van der Waals surface area contributed by atoms with Gasteiger partial charge in [0.2, 0.25) is 28.8 Å². The first-order valence-corrected chi connectivity index (χ1v) is 14.5. The Labute approximate surface area is 154 Å². The molecule has 150 valence electrons. The van der Waals surface area contributed by atoms with Crippen LogP contribution < -0.4 is 0 Å². The van der Waals surface area contributed by atoms with E-state index in [4.69, 9.17) is 18.3 Å². The molecule has 0 bridgehead atoms. The highest BCUT2D eigenvalue weighted by Gasteiger charge is 2.45. The summed E-state index contributed by atoms with van der Waals surface area (Å²) < 4.78 is 28.9. The van der Waals surface area contributed by atoms with Crippen LogP contribution in [0.1, 0.15) is 0 Å². The molecular weight excluding hydrogens is 384 g/mol. The van der Waals surface area contributed by atoms with Crippen LogP contribution in [0.25, 0.3) is 0 Å². The Morgan fingerprint density at radius 2 is 0.885 bits per heavy atom. The Balaban J connectivity index is 5.80. The van der Waals surface area contributed by atoms with Gasteiger partial charge in [0.1, 0.15) is 0 Å². The second-order valence-corrected chi connectivity index (χ2v) is 15.9. The first-order chi connectivity index (χ1) is 11.7. The summed E-state index contributed by atoms with van der Waals surface area (Å²) in [5, 5.41) is 0. The summed E-state index contributed by atoms with van der Waals surface area (Å²) in [6.07, 6.45) is -6.34. The lowest BCUT2D eigenvalue weighted by molar-refractivity contribution is -0.166. The van der Waals surface area contributed by atoms with Crippen LogP contribution >= 0.6 is 0 Å². The summed E-state index contributed by atoms with van der Waals surface area (Å²) in [5.74, 6) is -2.12. The molecule has 0 aliphatic heterocycles. The molecule has 0 rings (SSSR count). The fourth-order valence-electron chi connectivity index (χ4n) is 1.49. The van der Waals surface area contributed by atoms with Gasteiger partial charge in [-0.25, -0.2) is 19.2 Å². The fraction of sp³-hybridized carbons (Fsp3) is 0.714. The zero-order chi connectivity index (χ0) is 20.7. The van der Waals surface area contributed by atoms with Gasteiger partial charge in [-0.2, -0.15) is 0 Å². The highest BCUT2D eigenvalue weighted by Crippen LogP contribution is 2.17. The number of methoxy groups -OCH3 is 2. The van der Waals surface area contributed by atoms with E-state index in [1.54, 1.807) is 39.3 Å². The van der Waals surface area contributed by atoms with Gasteiger partial charge in [-0.3, -0.25) is 0 Å². The van der Waals surface area contributed by atoms with Gasteiger partial charge in [0.05, 0.1) is 14.2 Å². The van der Waals surface area contributed by atoms with Gasteiger partial charge >= 0.3 is 24.2 Å². The van der Waals surface area contributed by atoms with Crippen LogP contribution in [0.15, 0.2) is 0 Å². The second-order valence-electron chi connectivity index (χ2n) is 7.05. The molecule has 2 atom stereocenters. The number of hydrogen-bond acceptors (Lipinski definition) is 10. The molecule has 0 saturated carbocycles. The minimum Gasteiger partial charge on any atom is -0.517 e. The van der Waals surface area contributed by atoms with E-state index in [1.165, 1.54) is 0 Å². The molecule has 0 amide bonds. The molecule has 0 heterocycles. The number of rotatable bonds is 7. The molecule has 10 nitrogen and oxygen atoms in total. The van der Waals surface area contributed by atoms with E-state index in [9.17, 15) is 19.2 Å². The summed E-state index contributed by atoms with van der Waals surface area (Å²) >= 11 is 0. The van der Waals surface area contributed by atoms with Crippen LogP contribution in [-0.2, 0) is 37.4 Å². The minimum absolute atomic E-state index is 1.01. The molecule has 0 aromatic carbocycles. The van der Waals surface area contributed by atoms with Crippen molar-refractivity contribution in [3.63, 3.8) is 0 Å². The Morgan fingerprint density at radius 1 is 0.615 bits per heavy atom. The lowest BCUT2D eigenvalue weighted by Gasteiger charge is -2.28. The van der Waals surface area contributed by atoms with Crippen LogP contribution in [0.5, 0.6) is 0 Å². The van der Waals surface area contributed by atoms with E-state index < -0.39 is 53.1 Å². The van der Waals surface area contributed by atoms with Crippen molar-refractivity contribution in [2.24, 2.45) is 0 Å². The van der Waals surface area contributed by atoms with Gasteiger partial charge in [0, 0.05) is 0 Å². The van der Waals surface area contributed by atoms with E-state index in [0.717, 1.165) is 14.2 Å². The molecule has 26 heavy (non-hydrogen) atoms. The van der Waals surface area contributed by atoms with Crippen molar-refractivity contribution in [1.29, 1.82) is 0 Å². The Morgan fingerprint density at radius 3 is 1.08 bits per heavy atom. The number of ether oxygens (including phenoxy) is 4. The van der Waals surface area contributed by atoms with Crippen LogP contribution in [0, 0.1) is 0 Å². The molecular formula is C14H26O10Si2. The number of carbonyl (C=O) groups is 4. The normalized spacial score (nSPS) is 13.7. The topological polar surface area (TPSA) is 124 Å². The van der Waals surface area contributed by atoms with Crippen molar-refractivity contribution in [3.05, 3.63) is 0 Å². The van der Waals surface area contributed by atoms with Crippen molar-refractivity contribution >= 4 is 40.9 Å². The standard InChI is InChI=1S/C14H26O10Si2/c1-19-13(17)21-9(11(15)23-25(3,4)5)10(22-14(18)20-2)12(16)24-26(6,7)8/h9-10H,1-8H3. The maximum atomic E-state index is 12.4. The van der Waals surface area contributed by atoms with E-state index >= 15 is 0 Å². The van der Waals surface area contributed by atoms with Crippen LogP contribution in [0.2, 0.25) is 39.3 Å². The number of hydrogen-bond donors (Lipinski definition) is 0. The monoisotopic (exact) mass is 410 g/mol. The second kappa shape index (κ2) is 9.57. The predicted octanol–water partition coefficient (Wildman–Crippen LogP) is 2.05. The van der Waals surface area contributed by atoms with E-state index in [1.807, 2.05) is 0 Å². The lowest BCUT2D eigenvalue weighted by Crippen LogP contribution is -2.51. The average molecular weight is 411 g/mol. The molecule has 0 fully saturated rings. The molecule has 0 aliphatic carbocycles. The quantitative estimate of drug-likeness (QED) is 0.455. The van der Waals surface area contributed by atoms with Crippen LogP contribution in [0.3, 0.4) is 0 Å². The summed E-state index contributed by atoms with van der Waals surface area (Å²) in [4.78, 5) is 47.9. The Hall–Kier alpha value is -2.09. The van der Waals surface area contributed by atoms with Gasteiger partial charge in [0.25, 0.3) is 0 Å². The highest BCUT2D eigenvalue weighted by atomic mass is 28.4. The van der Waals surface area contributed by atoms with Crippen molar-refractivity contribution in [3.8, 4) is 0 Å². The molecule has 2 unspecified atom stereocenters. The van der Waals surface area contributed by atoms with Gasteiger partial charge in [0.15, 0.2) is 0 Å². The van der Waals surface area contributed by atoms with Gasteiger partial charge in [-0.15, -0.1) is 0 Å². The van der Waals surface area contributed by atoms with Crippen molar-refractivity contribution in [1.82, 2.24) is 0 Å². The molecule has 0 radical (unpaired) electrons. The Bertz CT molecular complexity index is 487. The van der Waals surface area contributed by atoms with Crippen LogP contribution in [-0.4, -0.2) is 67.3 Å². The molecule has 0 spiro atoms. The molecule has 0 N–H and O–H groups in total. The predicted molar refractivity (Wildman–Crippen MR) is 93.4 cm³/mol. The molecule has 0 aromatic rings. The molecule has 0 saturated heterocycles. The molecule has 0 aromatic heterocycles. The number of carbonyl (C=O) groups excluding carboxylic acids is 4. The van der Waals surface area contributed by atoms with Crippen LogP contribution in [0.4, 0.5) is 9.59 Å². The Kier molecular flexibility index (Phi) is 8.80. The highest BCUT2D eigenvalue weighted by molar-refractivity contribution is 6.71. The largest absolute Gasteiger partial charge is 0.517 e. The first kappa shape index (κ1) is 23.9. The summed E-state index contributed by atoms with van der Waals surface area (Å²) in [7, 11) is -2.81. The third-order valence-electron chi connectivity index (χ3n) is 2.33. The fourth-order valence-corrected chi connectivity index (χ4v) is 2.93. The zero-order valence-electron chi connectivity index (χ0n) is 16.2. The van der Waals surface area contributed by atoms with Gasteiger partial charge < -0.3 is 27.8 Å². The third kappa shape index (κ3) is 9.41. The zero-order valence-corrected chi connectivity index (χ0v) is 18.2. The summed E-state index contributed by atoms with van der Waals surface area (Å²) in [5.41, 5.74) is 0. The summed E-state index contributed by atoms with van der Waals surface area (Å²) in [6, 6.07) is 0. The van der Waals surface area contributed by atoms with Crippen molar-refractivity contribution in [2.45, 2.75) is 51.5 Å². The van der Waals surface area contributed by atoms with E-state index in [0.29, 0.717) is 0 Å². The first-order valence-electron chi connectivity index (χ1n) is 7.65. The van der Waals surface area contributed by atoms with Gasteiger partial charge in [-0.05, 0) is 39.3 Å². The van der Waals surface area contributed by atoms with Gasteiger partial charge in [-0.1, -0.05) is 0 Å². The van der Waals surface area contributed by atoms with Crippen molar-refractivity contribution < 1.29 is 47.0 Å². The van der Waals surface area contributed by atoms with E-state index in [-0.39, 0.29) is 0 Å². The molecule has 12 heteroatoms.